The van der Waals surface area contributed by atoms with Gasteiger partial charge in [0.25, 0.3) is 0 Å². The van der Waals surface area contributed by atoms with Gasteiger partial charge in [-0.05, 0) is 86.3 Å². The van der Waals surface area contributed by atoms with Crippen LogP contribution in [0.3, 0.4) is 0 Å². The fourth-order valence-electron chi connectivity index (χ4n) is 5.48. The number of rotatable bonds is 7. The highest BCUT2D eigenvalue weighted by atomic mass is 35.5. The second kappa shape index (κ2) is 11.7. The molecule has 2 aromatic carbocycles. The van der Waals surface area contributed by atoms with Crippen LogP contribution in [0.25, 0.3) is 11.1 Å². The summed E-state index contributed by atoms with van der Waals surface area (Å²) in [4.78, 5) is 30.1. The lowest BCUT2D eigenvalue weighted by Crippen LogP contribution is -2.57. The number of fused-ring (bicyclic) bond motifs is 2. The number of hydrogen-bond acceptors (Lipinski definition) is 5. The monoisotopic (exact) mass is 509 g/mol. The maximum absolute atomic E-state index is 13.1. The second-order valence-electron chi connectivity index (χ2n) is 10.1. The largest absolute Gasteiger partial charge is 0.339 e. The van der Waals surface area contributed by atoms with E-state index in [9.17, 15) is 9.59 Å². The Labute approximate surface area is 218 Å². The molecule has 2 fully saturated rings. The Morgan fingerprint density at radius 2 is 1.81 bits per heavy atom. The third-order valence-electron chi connectivity index (χ3n) is 7.65. The molecular weight excluding hydrogens is 474 g/mol. The normalized spacial score (nSPS) is 20.9. The number of carbonyl (C=O) groups excluding carboxylic acids is 2. The average Bonchev–Trinajstić information content (AvgIpc) is 3.04. The Morgan fingerprint density at radius 1 is 1.03 bits per heavy atom. The van der Waals surface area contributed by atoms with Crippen molar-refractivity contribution in [1.82, 2.24) is 20.4 Å². The van der Waals surface area contributed by atoms with Gasteiger partial charge in [0.2, 0.25) is 11.8 Å². The Morgan fingerprint density at radius 3 is 2.61 bits per heavy atom. The van der Waals surface area contributed by atoms with Crippen LogP contribution in [0.5, 0.6) is 0 Å². The lowest BCUT2D eigenvalue weighted by Gasteiger charge is -2.39. The van der Waals surface area contributed by atoms with Crippen LogP contribution < -0.4 is 16.0 Å². The van der Waals surface area contributed by atoms with Crippen LogP contribution in [0.15, 0.2) is 42.5 Å². The lowest BCUT2D eigenvalue weighted by molar-refractivity contribution is -0.136. The first kappa shape index (κ1) is 25.2. The molecule has 0 aliphatic carbocycles. The van der Waals surface area contributed by atoms with E-state index in [1.807, 2.05) is 41.3 Å². The van der Waals surface area contributed by atoms with Gasteiger partial charge in [-0.2, -0.15) is 0 Å². The van der Waals surface area contributed by atoms with Crippen LogP contribution in [-0.4, -0.2) is 73.0 Å². The molecule has 3 N–H and O–H groups in total. The van der Waals surface area contributed by atoms with Crippen LogP contribution in [0.4, 0.5) is 5.69 Å². The number of unbranched alkanes of at least 4 members (excludes halogenated alkanes) is 1. The maximum atomic E-state index is 13.1. The molecule has 3 aliphatic heterocycles. The summed E-state index contributed by atoms with van der Waals surface area (Å²) < 4.78 is 0. The molecule has 0 spiro atoms. The molecule has 7 nitrogen and oxygen atoms in total. The van der Waals surface area contributed by atoms with E-state index in [2.05, 4.69) is 26.9 Å². The molecule has 36 heavy (non-hydrogen) atoms. The number of amides is 2. The first-order valence-electron chi connectivity index (χ1n) is 13.2. The molecule has 0 bridgehead atoms. The summed E-state index contributed by atoms with van der Waals surface area (Å²) in [5, 5.41) is 10.8. The van der Waals surface area contributed by atoms with Crippen LogP contribution in [0.1, 0.15) is 37.7 Å². The van der Waals surface area contributed by atoms with Gasteiger partial charge in [-0.3, -0.25) is 14.5 Å². The van der Waals surface area contributed by atoms with E-state index in [0.717, 1.165) is 54.9 Å². The van der Waals surface area contributed by atoms with Gasteiger partial charge in [0.15, 0.2) is 0 Å². The van der Waals surface area contributed by atoms with Crippen molar-refractivity contribution >= 4 is 29.1 Å². The molecule has 192 valence electrons. The Balaban J connectivity index is 1.14. The third kappa shape index (κ3) is 6.09. The van der Waals surface area contributed by atoms with Gasteiger partial charge in [-0.25, -0.2) is 0 Å². The van der Waals surface area contributed by atoms with Crippen molar-refractivity contribution in [3.8, 4) is 11.1 Å². The summed E-state index contributed by atoms with van der Waals surface area (Å²) in [6.45, 7) is 5.65. The van der Waals surface area contributed by atoms with E-state index < -0.39 is 0 Å². The van der Waals surface area contributed by atoms with Crippen molar-refractivity contribution in [2.24, 2.45) is 0 Å². The number of nitrogens with one attached hydrogen (secondary N) is 3. The van der Waals surface area contributed by atoms with E-state index in [1.54, 1.807) is 0 Å². The quantitative estimate of drug-likeness (QED) is 0.498. The Bertz CT molecular complexity index is 1070. The first-order chi connectivity index (χ1) is 17.6. The fraction of sp³-hybridized carbons (Fsp3) is 0.500. The van der Waals surface area contributed by atoms with Gasteiger partial charge in [0.05, 0.1) is 0 Å². The summed E-state index contributed by atoms with van der Waals surface area (Å²) >= 11 is 6.05. The Kier molecular flexibility index (Phi) is 8.22. The van der Waals surface area contributed by atoms with Gasteiger partial charge in [0.1, 0.15) is 6.04 Å². The van der Waals surface area contributed by atoms with E-state index in [-0.39, 0.29) is 17.9 Å². The molecule has 2 saturated heterocycles. The van der Waals surface area contributed by atoms with E-state index in [4.69, 9.17) is 11.6 Å². The molecule has 2 amide bonds. The number of piperazine rings is 1. The number of carbonyl (C=O) groups is 2. The SMILES string of the molecule is O=C1Nc2ccc(-c3ccc(Cl)cc3)cc2CN2CCN(C(=O)CCCCNC3CCNCC3)CC12. The van der Waals surface area contributed by atoms with Gasteiger partial charge in [-0.1, -0.05) is 29.8 Å². The third-order valence-corrected chi connectivity index (χ3v) is 7.90. The molecule has 2 aromatic rings. The van der Waals surface area contributed by atoms with Gasteiger partial charge < -0.3 is 20.9 Å². The van der Waals surface area contributed by atoms with E-state index in [1.165, 1.54) is 12.8 Å². The van der Waals surface area contributed by atoms with Crippen molar-refractivity contribution in [2.75, 3.05) is 44.6 Å². The van der Waals surface area contributed by atoms with Crippen LogP contribution in [0.2, 0.25) is 5.02 Å². The highest BCUT2D eigenvalue weighted by Crippen LogP contribution is 2.30. The molecule has 0 radical (unpaired) electrons. The molecular formula is C28H36ClN5O2. The molecule has 0 aromatic heterocycles. The maximum Gasteiger partial charge on any atom is 0.243 e. The standard InChI is InChI=1S/C28H36ClN5O2/c29-23-7-4-20(5-8-23)21-6-9-25-22(17-21)18-33-15-16-34(19-26(33)28(36)32-25)27(35)3-1-2-12-31-24-10-13-30-14-11-24/h4-9,17,24,26,30-31H,1-3,10-16,18-19H2,(H,32,36). The molecule has 1 unspecified atom stereocenters. The summed E-state index contributed by atoms with van der Waals surface area (Å²) in [7, 11) is 0. The topological polar surface area (TPSA) is 76.7 Å². The Hall–Kier alpha value is -2.45. The van der Waals surface area contributed by atoms with Crippen molar-refractivity contribution < 1.29 is 9.59 Å². The molecule has 0 saturated carbocycles. The predicted octanol–water partition coefficient (Wildman–Crippen LogP) is 3.48. The van der Waals surface area contributed by atoms with Crippen LogP contribution in [-0.2, 0) is 16.1 Å². The summed E-state index contributed by atoms with van der Waals surface area (Å²) in [6, 6.07) is 14.2. The van der Waals surface area contributed by atoms with Crippen LogP contribution >= 0.6 is 11.6 Å². The molecule has 3 aliphatic rings. The first-order valence-corrected chi connectivity index (χ1v) is 13.6. The minimum atomic E-state index is -0.323. The predicted molar refractivity (Wildman–Crippen MR) is 144 cm³/mol. The number of piperidine rings is 1. The van der Waals surface area contributed by atoms with Gasteiger partial charge in [-0.15, -0.1) is 0 Å². The fourth-order valence-corrected chi connectivity index (χ4v) is 5.61. The number of nitrogens with zero attached hydrogens (tertiary/aromatic N) is 2. The zero-order valence-electron chi connectivity index (χ0n) is 20.8. The molecule has 8 heteroatoms. The highest BCUT2D eigenvalue weighted by molar-refractivity contribution is 6.30. The highest BCUT2D eigenvalue weighted by Gasteiger charge is 2.36. The minimum Gasteiger partial charge on any atom is -0.339 e. The molecule has 3 heterocycles. The van der Waals surface area contributed by atoms with Crippen molar-refractivity contribution in [3.05, 3.63) is 53.1 Å². The summed E-state index contributed by atoms with van der Waals surface area (Å²) in [5.74, 6) is 0.132. The molecule has 1 atom stereocenters. The van der Waals surface area contributed by atoms with Crippen molar-refractivity contribution in [1.29, 1.82) is 0 Å². The summed E-state index contributed by atoms with van der Waals surface area (Å²) in [6.07, 6.45) is 4.79. The number of anilines is 1. The van der Waals surface area contributed by atoms with Crippen LogP contribution in [0, 0.1) is 0 Å². The lowest BCUT2D eigenvalue weighted by atomic mass is 10.0. The number of hydrogen-bond donors (Lipinski definition) is 3. The van der Waals surface area contributed by atoms with Gasteiger partial charge >= 0.3 is 0 Å². The van der Waals surface area contributed by atoms with Crippen molar-refractivity contribution in [2.45, 2.75) is 50.7 Å². The minimum absolute atomic E-state index is 0.0309. The summed E-state index contributed by atoms with van der Waals surface area (Å²) in [5.41, 5.74) is 4.14. The van der Waals surface area contributed by atoms with Gasteiger partial charge in [0, 0.05) is 49.4 Å². The zero-order chi connectivity index (χ0) is 24.9. The van der Waals surface area contributed by atoms with E-state index >= 15 is 0 Å². The smallest absolute Gasteiger partial charge is 0.243 e. The van der Waals surface area contributed by atoms with Crippen molar-refractivity contribution in [3.63, 3.8) is 0 Å². The molecule has 5 rings (SSSR count). The zero-order valence-corrected chi connectivity index (χ0v) is 21.5. The van der Waals surface area contributed by atoms with E-state index in [0.29, 0.717) is 43.7 Å². The number of benzene rings is 2. The number of halogens is 1. The average molecular weight is 510 g/mol. The second-order valence-corrected chi connectivity index (χ2v) is 10.6.